The second-order valence-electron chi connectivity index (χ2n) is 7.09. The zero-order valence-electron chi connectivity index (χ0n) is 16.3. The van der Waals surface area contributed by atoms with E-state index in [0.717, 1.165) is 27.6 Å². The van der Waals surface area contributed by atoms with Crippen LogP contribution in [0.15, 0.2) is 71.6 Å². The zero-order valence-corrected chi connectivity index (χ0v) is 17.9. The average molecular weight is 410 g/mol. The van der Waals surface area contributed by atoms with Gasteiger partial charge in [-0.05, 0) is 65.9 Å². The van der Waals surface area contributed by atoms with Crippen LogP contribution in [-0.4, -0.2) is 5.91 Å². The van der Waals surface area contributed by atoms with Gasteiger partial charge in [-0.15, -0.1) is 11.8 Å². The number of hydrogen-bond acceptors (Lipinski definition) is 2. The second-order valence-corrected chi connectivity index (χ2v) is 8.57. The fourth-order valence-electron chi connectivity index (χ4n) is 2.98. The first-order chi connectivity index (χ1) is 13.4. The van der Waals surface area contributed by atoms with Crippen LogP contribution in [0, 0.1) is 6.92 Å². The molecule has 0 saturated heterocycles. The maximum absolute atomic E-state index is 12.7. The van der Waals surface area contributed by atoms with Gasteiger partial charge in [0.2, 0.25) is 0 Å². The summed E-state index contributed by atoms with van der Waals surface area (Å²) in [6, 6.07) is 21.8. The molecular formula is C24H24ClNOS. The second kappa shape index (κ2) is 9.31. The normalized spacial score (nSPS) is 10.9. The number of halogens is 1. The van der Waals surface area contributed by atoms with E-state index in [1.54, 1.807) is 11.8 Å². The average Bonchev–Trinajstić information content (AvgIpc) is 2.69. The molecule has 0 aliphatic rings. The van der Waals surface area contributed by atoms with Gasteiger partial charge in [0.1, 0.15) is 0 Å². The lowest BCUT2D eigenvalue weighted by Crippen LogP contribution is -2.14. The number of amides is 1. The number of aryl methyl sites for hydroxylation is 1. The lowest BCUT2D eigenvalue weighted by atomic mass is 9.98. The Kier molecular flexibility index (Phi) is 6.82. The number of carbonyl (C=O) groups is 1. The van der Waals surface area contributed by atoms with E-state index in [9.17, 15) is 4.79 Å². The molecule has 3 rings (SSSR count). The fraction of sp³-hybridized carbons (Fsp3) is 0.208. The summed E-state index contributed by atoms with van der Waals surface area (Å²) < 4.78 is 0. The maximum Gasteiger partial charge on any atom is 0.255 e. The Balaban J connectivity index is 1.66. The number of thioether (sulfide) groups is 1. The van der Waals surface area contributed by atoms with Gasteiger partial charge in [-0.1, -0.05) is 55.8 Å². The summed E-state index contributed by atoms with van der Waals surface area (Å²) in [5, 5.41) is 3.85. The maximum atomic E-state index is 12.7. The van der Waals surface area contributed by atoms with Crippen LogP contribution in [0.3, 0.4) is 0 Å². The van der Waals surface area contributed by atoms with E-state index in [1.807, 2.05) is 67.6 Å². The number of para-hydroxylation sites is 1. The minimum atomic E-state index is -0.0758. The molecule has 0 heterocycles. The van der Waals surface area contributed by atoms with E-state index in [-0.39, 0.29) is 5.91 Å². The van der Waals surface area contributed by atoms with E-state index in [1.165, 1.54) is 10.5 Å². The summed E-state index contributed by atoms with van der Waals surface area (Å²) in [6.07, 6.45) is 0. The van der Waals surface area contributed by atoms with Crippen molar-refractivity contribution in [2.24, 2.45) is 0 Å². The smallest absolute Gasteiger partial charge is 0.255 e. The van der Waals surface area contributed by atoms with Crippen molar-refractivity contribution in [1.82, 2.24) is 0 Å². The Labute approximate surface area is 176 Å². The van der Waals surface area contributed by atoms with E-state index in [0.29, 0.717) is 11.5 Å². The van der Waals surface area contributed by atoms with Gasteiger partial charge in [-0.3, -0.25) is 4.79 Å². The Morgan fingerprint density at radius 1 is 1.00 bits per heavy atom. The summed E-state index contributed by atoms with van der Waals surface area (Å²) in [6.45, 7) is 6.30. The van der Waals surface area contributed by atoms with Crippen molar-refractivity contribution in [3.05, 3.63) is 94.0 Å². The molecule has 0 aromatic heterocycles. The first kappa shape index (κ1) is 20.5. The van der Waals surface area contributed by atoms with Crippen LogP contribution in [0.1, 0.15) is 46.8 Å². The first-order valence-electron chi connectivity index (χ1n) is 9.32. The fourth-order valence-corrected chi connectivity index (χ4v) is 3.96. The van der Waals surface area contributed by atoms with Gasteiger partial charge in [0.25, 0.3) is 5.91 Å². The predicted octanol–water partition coefficient (Wildman–Crippen LogP) is 7.32. The third-order valence-corrected chi connectivity index (χ3v) is 5.94. The van der Waals surface area contributed by atoms with Crippen molar-refractivity contribution in [2.45, 2.75) is 37.3 Å². The molecule has 0 radical (unpaired) electrons. The molecule has 144 valence electrons. The molecule has 1 amide bonds. The topological polar surface area (TPSA) is 29.1 Å². The monoisotopic (exact) mass is 409 g/mol. The number of nitrogens with one attached hydrogen (secondary N) is 1. The van der Waals surface area contributed by atoms with Crippen molar-refractivity contribution < 1.29 is 4.79 Å². The summed E-state index contributed by atoms with van der Waals surface area (Å²) in [5.41, 5.74) is 5.00. The number of anilines is 1. The quantitative estimate of drug-likeness (QED) is 0.432. The molecule has 0 saturated carbocycles. The Morgan fingerprint density at radius 2 is 1.68 bits per heavy atom. The van der Waals surface area contributed by atoms with Crippen molar-refractivity contribution in [2.75, 3.05) is 5.32 Å². The molecule has 0 bridgehead atoms. The molecule has 2 nitrogen and oxygen atoms in total. The van der Waals surface area contributed by atoms with Crippen LogP contribution in [0.4, 0.5) is 5.69 Å². The van der Waals surface area contributed by atoms with E-state index >= 15 is 0 Å². The molecule has 0 aliphatic heterocycles. The summed E-state index contributed by atoms with van der Waals surface area (Å²) in [4.78, 5) is 13.9. The Morgan fingerprint density at radius 3 is 2.32 bits per heavy atom. The van der Waals surface area contributed by atoms with Crippen molar-refractivity contribution in [1.29, 1.82) is 0 Å². The van der Waals surface area contributed by atoms with Gasteiger partial charge in [0, 0.05) is 26.9 Å². The Hall–Kier alpha value is -2.23. The van der Waals surface area contributed by atoms with Crippen molar-refractivity contribution in [3.8, 4) is 0 Å². The predicted molar refractivity (Wildman–Crippen MR) is 121 cm³/mol. The SMILES string of the molecule is Cc1cccc(C(C)C)c1NC(=O)c1ccc(CSc2ccc(Cl)cc2)cc1. The highest BCUT2D eigenvalue weighted by Gasteiger charge is 2.13. The van der Waals surface area contributed by atoms with Gasteiger partial charge < -0.3 is 5.32 Å². The van der Waals surface area contributed by atoms with E-state index in [2.05, 4.69) is 25.2 Å². The van der Waals surface area contributed by atoms with Crippen LogP contribution in [-0.2, 0) is 5.75 Å². The molecule has 3 aromatic carbocycles. The highest BCUT2D eigenvalue weighted by molar-refractivity contribution is 7.98. The number of benzene rings is 3. The van der Waals surface area contributed by atoms with Gasteiger partial charge in [0.05, 0.1) is 0 Å². The molecule has 0 spiro atoms. The molecule has 4 heteroatoms. The van der Waals surface area contributed by atoms with Gasteiger partial charge in [-0.25, -0.2) is 0 Å². The van der Waals surface area contributed by atoms with E-state index < -0.39 is 0 Å². The summed E-state index contributed by atoms with van der Waals surface area (Å²) >= 11 is 7.67. The van der Waals surface area contributed by atoms with Crippen LogP contribution < -0.4 is 5.32 Å². The van der Waals surface area contributed by atoms with Crippen LogP contribution >= 0.6 is 23.4 Å². The molecule has 28 heavy (non-hydrogen) atoms. The molecular weight excluding hydrogens is 386 g/mol. The number of rotatable bonds is 6. The van der Waals surface area contributed by atoms with Crippen molar-refractivity contribution in [3.63, 3.8) is 0 Å². The molecule has 0 aliphatic carbocycles. The molecule has 0 fully saturated rings. The third kappa shape index (κ3) is 5.18. The number of hydrogen-bond donors (Lipinski definition) is 1. The minimum Gasteiger partial charge on any atom is -0.321 e. The third-order valence-electron chi connectivity index (χ3n) is 4.60. The van der Waals surface area contributed by atoms with Gasteiger partial charge in [-0.2, -0.15) is 0 Å². The summed E-state index contributed by atoms with van der Waals surface area (Å²) in [5.74, 6) is 1.12. The van der Waals surface area contributed by atoms with E-state index in [4.69, 9.17) is 11.6 Å². The van der Waals surface area contributed by atoms with Crippen LogP contribution in [0.5, 0.6) is 0 Å². The standard InChI is InChI=1S/C24H24ClNOS/c1-16(2)22-6-4-5-17(3)23(22)26-24(27)19-9-7-18(8-10-19)15-28-21-13-11-20(25)12-14-21/h4-14,16H,15H2,1-3H3,(H,26,27). The van der Waals surface area contributed by atoms with Gasteiger partial charge >= 0.3 is 0 Å². The largest absolute Gasteiger partial charge is 0.321 e. The lowest BCUT2D eigenvalue weighted by molar-refractivity contribution is 0.102. The lowest BCUT2D eigenvalue weighted by Gasteiger charge is -2.16. The molecule has 3 aromatic rings. The number of carbonyl (C=O) groups excluding carboxylic acids is 1. The summed E-state index contributed by atoms with van der Waals surface area (Å²) in [7, 11) is 0. The molecule has 0 atom stereocenters. The van der Waals surface area contributed by atoms with Crippen LogP contribution in [0.2, 0.25) is 5.02 Å². The first-order valence-corrected chi connectivity index (χ1v) is 10.7. The molecule has 0 unspecified atom stereocenters. The minimum absolute atomic E-state index is 0.0758. The van der Waals surface area contributed by atoms with Crippen molar-refractivity contribution >= 4 is 35.0 Å². The van der Waals surface area contributed by atoms with Crippen LogP contribution in [0.25, 0.3) is 0 Å². The van der Waals surface area contributed by atoms with Gasteiger partial charge in [0.15, 0.2) is 0 Å². The molecule has 1 N–H and O–H groups in total. The zero-order chi connectivity index (χ0) is 20.1. The highest BCUT2D eigenvalue weighted by atomic mass is 35.5. The Bertz CT molecular complexity index is 949. The highest BCUT2D eigenvalue weighted by Crippen LogP contribution is 2.28.